The Hall–Kier alpha value is 0.174. The van der Waals surface area contributed by atoms with Crippen LogP contribution in [-0.4, -0.2) is 16.6 Å². The van der Waals surface area contributed by atoms with Gasteiger partial charge in [0.2, 0.25) is 0 Å². The van der Waals surface area contributed by atoms with Crippen LogP contribution in [0.1, 0.15) is 0 Å². The standard InChI is InChI=1S/C6H16Si2/c1-5-6-7-8(2,3)4/h5H,1,6-7H2,2-4H3. The molecule has 0 aliphatic heterocycles. The molecule has 0 aromatic carbocycles. The molecule has 0 nitrogen and oxygen atoms in total. The zero-order valence-corrected chi connectivity index (χ0v) is 8.61. The van der Waals surface area contributed by atoms with Gasteiger partial charge in [0.25, 0.3) is 0 Å². The lowest BCUT2D eigenvalue weighted by Crippen LogP contribution is -2.28. The molecule has 8 heavy (non-hydrogen) atoms. The van der Waals surface area contributed by atoms with E-state index >= 15 is 0 Å². The molecule has 0 atom stereocenters. The summed E-state index contributed by atoms with van der Waals surface area (Å²) in [4.78, 5) is 0. The van der Waals surface area contributed by atoms with Crippen LogP contribution in [0.3, 0.4) is 0 Å². The highest BCUT2D eigenvalue weighted by Gasteiger charge is 2.10. The van der Waals surface area contributed by atoms with Crippen LogP contribution in [-0.2, 0) is 0 Å². The smallest absolute Gasteiger partial charge is 0.0314 e. The predicted octanol–water partition coefficient (Wildman–Crippen LogP) is 1.59. The van der Waals surface area contributed by atoms with E-state index in [0.29, 0.717) is 0 Å². The van der Waals surface area contributed by atoms with E-state index in [0.717, 1.165) is 0 Å². The van der Waals surface area contributed by atoms with Gasteiger partial charge in [-0.25, -0.2) is 0 Å². The van der Waals surface area contributed by atoms with Crippen LogP contribution < -0.4 is 0 Å². The summed E-state index contributed by atoms with van der Waals surface area (Å²) in [5.41, 5.74) is 0. The molecule has 48 valence electrons. The van der Waals surface area contributed by atoms with Crippen LogP contribution in [0.25, 0.3) is 0 Å². The van der Waals surface area contributed by atoms with Gasteiger partial charge < -0.3 is 0 Å². The molecule has 0 unspecified atom stereocenters. The molecule has 0 radical (unpaired) electrons. The van der Waals surface area contributed by atoms with Crippen LogP contribution in [0.5, 0.6) is 0 Å². The van der Waals surface area contributed by atoms with Gasteiger partial charge in [0.15, 0.2) is 0 Å². The minimum Gasteiger partial charge on any atom is -0.103 e. The van der Waals surface area contributed by atoms with E-state index in [1.807, 2.05) is 0 Å². The van der Waals surface area contributed by atoms with Gasteiger partial charge >= 0.3 is 0 Å². The summed E-state index contributed by atoms with van der Waals surface area (Å²) in [6.45, 7) is 11.1. The fourth-order valence-electron chi connectivity index (χ4n) is 0.535. The van der Waals surface area contributed by atoms with Crippen molar-refractivity contribution in [1.82, 2.24) is 0 Å². The lowest BCUT2D eigenvalue weighted by molar-refractivity contribution is 1.71. The molecule has 0 aliphatic carbocycles. The first kappa shape index (κ1) is 8.17. The molecular formula is C6H16Si2. The van der Waals surface area contributed by atoms with Gasteiger partial charge in [0, 0.05) is 16.6 Å². The highest BCUT2D eigenvalue weighted by Crippen LogP contribution is 1.99. The quantitative estimate of drug-likeness (QED) is 0.417. The van der Waals surface area contributed by atoms with Crippen molar-refractivity contribution in [3.8, 4) is 0 Å². The molecular weight excluding hydrogens is 128 g/mol. The van der Waals surface area contributed by atoms with E-state index in [1.54, 1.807) is 0 Å². The molecule has 0 aromatic heterocycles. The summed E-state index contributed by atoms with van der Waals surface area (Å²) in [5.74, 6) is 0. The summed E-state index contributed by atoms with van der Waals surface area (Å²) in [7, 11) is -0.340. The van der Waals surface area contributed by atoms with E-state index < -0.39 is 7.59 Å². The van der Waals surface area contributed by atoms with Crippen molar-refractivity contribution in [1.29, 1.82) is 0 Å². The largest absolute Gasteiger partial charge is 0.103 e. The Morgan fingerprint density at radius 1 is 1.50 bits per heavy atom. The van der Waals surface area contributed by atoms with Gasteiger partial charge in [-0.05, 0) is 6.04 Å². The van der Waals surface area contributed by atoms with E-state index in [4.69, 9.17) is 0 Å². The molecule has 0 N–H and O–H groups in total. The molecule has 0 aliphatic rings. The van der Waals surface area contributed by atoms with Crippen molar-refractivity contribution in [2.24, 2.45) is 0 Å². The molecule has 0 saturated heterocycles. The Balaban J connectivity index is 3.24. The van der Waals surface area contributed by atoms with E-state index in [1.165, 1.54) is 6.04 Å². The normalized spacial score (nSPS) is 12.9. The first-order valence-corrected chi connectivity index (χ1v) is 10.00. The number of rotatable bonds is 3. The van der Waals surface area contributed by atoms with Crippen LogP contribution >= 0.6 is 0 Å². The minimum absolute atomic E-state index is 0.270. The Kier molecular flexibility index (Phi) is 3.32. The van der Waals surface area contributed by atoms with Crippen molar-refractivity contribution in [2.75, 3.05) is 0 Å². The van der Waals surface area contributed by atoms with Crippen LogP contribution in [0.15, 0.2) is 12.7 Å². The molecule has 0 amide bonds. The fourth-order valence-corrected chi connectivity index (χ4v) is 4.82. The summed E-state index contributed by atoms with van der Waals surface area (Å²) in [6, 6.07) is 1.34. The lowest BCUT2D eigenvalue weighted by atomic mass is 10.8. The molecule has 0 bridgehead atoms. The molecule has 0 spiro atoms. The van der Waals surface area contributed by atoms with Gasteiger partial charge in [-0.1, -0.05) is 25.7 Å². The zero-order valence-electron chi connectivity index (χ0n) is 6.20. The topological polar surface area (TPSA) is 0 Å². The van der Waals surface area contributed by atoms with Gasteiger partial charge in [-0.15, -0.1) is 6.58 Å². The maximum Gasteiger partial charge on any atom is 0.0314 e. The maximum absolute atomic E-state index is 3.72. The molecule has 0 heterocycles. The van der Waals surface area contributed by atoms with Gasteiger partial charge in [0.1, 0.15) is 0 Å². The molecule has 0 aromatic rings. The van der Waals surface area contributed by atoms with E-state index in [2.05, 4.69) is 32.3 Å². The summed E-state index contributed by atoms with van der Waals surface area (Å²) >= 11 is 0. The Labute approximate surface area is 55.6 Å². The first-order chi connectivity index (χ1) is 3.56. The zero-order chi connectivity index (χ0) is 6.62. The van der Waals surface area contributed by atoms with Crippen LogP contribution in [0.4, 0.5) is 0 Å². The van der Waals surface area contributed by atoms with E-state index in [9.17, 15) is 0 Å². The maximum atomic E-state index is 3.72. The number of allylic oxidation sites excluding steroid dienone is 1. The number of hydrogen-bond donors (Lipinski definition) is 0. The second-order valence-electron chi connectivity index (χ2n) is 3.39. The predicted molar refractivity (Wildman–Crippen MR) is 46.9 cm³/mol. The van der Waals surface area contributed by atoms with Crippen molar-refractivity contribution in [3.05, 3.63) is 12.7 Å². The van der Waals surface area contributed by atoms with Crippen LogP contribution in [0, 0.1) is 0 Å². The van der Waals surface area contributed by atoms with Gasteiger partial charge in [-0.3, -0.25) is 0 Å². The Morgan fingerprint density at radius 3 is 2.12 bits per heavy atom. The molecule has 0 rings (SSSR count). The summed E-state index contributed by atoms with van der Waals surface area (Å²) in [5, 5.41) is 0. The molecule has 2 heteroatoms. The van der Waals surface area contributed by atoms with Crippen LogP contribution in [0.2, 0.25) is 25.7 Å². The molecule has 0 saturated carbocycles. The first-order valence-electron chi connectivity index (χ1n) is 3.17. The number of hydrogen-bond acceptors (Lipinski definition) is 0. The van der Waals surface area contributed by atoms with Crippen molar-refractivity contribution in [2.45, 2.75) is 25.7 Å². The summed E-state index contributed by atoms with van der Waals surface area (Å²) in [6.07, 6.45) is 2.07. The Morgan fingerprint density at radius 2 is 2.00 bits per heavy atom. The average Bonchev–Trinajstić information content (AvgIpc) is 1.59. The second kappa shape index (κ2) is 3.25. The van der Waals surface area contributed by atoms with Crippen molar-refractivity contribution >= 4 is 16.6 Å². The average molecular weight is 144 g/mol. The van der Waals surface area contributed by atoms with Gasteiger partial charge in [0.05, 0.1) is 0 Å². The third-order valence-corrected chi connectivity index (χ3v) is 8.66. The van der Waals surface area contributed by atoms with Crippen molar-refractivity contribution < 1.29 is 0 Å². The lowest BCUT2D eigenvalue weighted by Gasteiger charge is -2.11. The third-order valence-electron chi connectivity index (χ3n) is 1.10. The molecule has 0 fully saturated rings. The minimum atomic E-state index is -0.611. The van der Waals surface area contributed by atoms with Crippen molar-refractivity contribution in [3.63, 3.8) is 0 Å². The van der Waals surface area contributed by atoms with Gasteiger partial charge in [-0.2, -0.15) is 0 Å². The van der Waals surface area contributed by atoms with E-state index in [-0.39, 0.29) is 9.04 Å². The third kappa shape index (κ3) is 6.17. The Bertz CT molecular complexity index is 71.1. The SMILES string of the molecule is C=CC[SiH2][Si](C)(C)C. The second-order valence-corrected chi connectivity index (χ2v) is 17.5. The highest BCUT2D eigenvalue weighted by molar-refractivity contribution is 7.23. The summed E-state index contributed by atoms with van der Waals surface area (Å²) < 4.78 is 0. The monoisotopic (exact) mass is 144 g/mol. The highest BCUT2D eigenvalue weighted by atomic mass is 29.2. The fraction of sp³-hybridized carbons (Fsp3) is 0.667.